The quantitative estimate of drug-likeness (QED) is 0.814. The van der Waals surface area contributed by atoms with E-state index in [1.54, 1.807) is 42.5 Å². The molecule has 5 heteroatoms. The van der Waals surface area contributed by atoms with E-state index in [9.17, 15) is 8.42 Å². The van der Waals surface area contributed by atoms with Crippen LogP contribution >= 0.6 is 0 Å². The third-order valence-corrected chi connectivity index (χ3v) is 3.97. The normalized spacial score (nSPS) is 11.9. The fourth-order valence-electron chi connectivity index (χ4n) is 1.61. The summed E-state index contributed by atoms with van der Waals surface area (Å²) in [6.07, 6.45) is 0. The first kappa shape index (κ1) is 14.0. The predicted molar refractivity (Wildman–Crippen MR) is 77.0 cm³/mol. The first-order valence-electron chi connectivity index (χ1n) is 5.90. The third kappa shape index (κ3) is 3.11. The molecule has 2 aromatic rings. The van der Waals surface area contributed by atoms with Crippen LogP contribution in [0.5, 0.6) is 0 Å². The summed E-state index contributed by atoms with van der Waals surface area (Å²) >= 11 is 0. The van der Waals surface area contributed by atoms with Gasteiger partial charge in [0.1, 0.15) is 6.07 Å². The van der Waals surface area contributed by atoms with E-state index in [2.05, 4.69) is 4.40 Å². The lowest BCUT2D eigenvalue weighted by Crippen LogP contribution is -2.04. The highest BCUT2D eigenvalue weighted by Gasteiger charge is 2.14. The monoisotopic (exact) mass is 284 g/mol. The SMILES string of the molecule is Cc1ccc(C(C#N)=NS(=O)(=O)c2ccccc2)cc1. The number of sulfonamides is 1. The molecule has 0 radical (unpaired) electrons. The van der Waals surface area contributed by atoms with Crippen molar-refractivity contribution in [2.75, 3.05) is 0 Å². The molecule has 0 fully saturated rings. The molecule has 0 atom stereocenters. The van der Waals surface area contributed by atoms with E-state index < -0.39 is 10.0 Å². The van der Waals surface area contributed by atoms with E-state index in [-0.39, 0.29) is 10.6 Å². The molecular weight excluding hydrogens is 272 g/mol. The Kier molecular flexibility index (Phi) is 3.97. The van der Waals surface area contributed by atoms with Crippen molar-refractivity contribution < 1.29 is 8.42 Å². The van der Waals surface area contributed by atoms with Crippen LogP contribution in [0.1, 0.15) is 11.1 Å². The molecule has 0 aliphatic heterocycles. The first-order chi connectivity index (χ1) is 9.53. The average Bonchev–Trinajstić information content (AvgIpc) is 2.47. The fraction of sp³-hybridized carbons (Fsp3) is 0.0667. The van der Waals surface area contributed by atoms with Crippen molar-refractivity contribution in [1.29, 1.82) is 5.26 Å². The first-order valence-corrected chi connectivity index (χ1v) is 7.34. The number of rotatable bonds is 3. The predicted octanol–water partition coefficient (Wildman–Crippen LogP) is 2.70. The molecule has 0 saturated carbocycles. The van der Waals surface area contributed by atoms with Gasteiger partial charge in [0.2, 0.25) is 0 Å². The van der Waals surface area contributed by atoms with Gasteiger partial charge in [-0.25, -0.2) is 0 Å². The smallest absolute Gasteiger partial charge is 0.199 e. The van der Waals surface area contributed by atoms with E-state index in [0.717, 1.165) is 5.56 Å². The summed E-state index contributed by atoms with van der Waals surface area (Å²) in [7, 11) is -3.86. The summed E-state index contributed by atoms with van der Waals surface area (Å²) < 4.78 is 27.8. The van der Waals surface area contributed by atoms with Gasteiger partial charge in [0, 0.05) is 5.56 Å². The molecule has 0 aliphatic carbocycles. The van der Waals surface area contributed by atoms with Crippen molar-refractivity contribution in [2.24, 2.45) is 4.40 Å². The Balaban J connectivity index is 2.47. The summed E-state index contributed by atoms with van der Waals surface area (Å²) in [4.78, 5) is 0.0693. The van der Waals surface area contributed by atoms with Gasteiger partial charge in [-0.3, -0.25) is 0 Å². The Labute approximate surface area is 118 Å². The minimum atomic E-state index is -3.86. The zero-order valence-electron chi connectivity index (χ0n) is 10.8. The molecule has 0 aromatic heterocycles. The zero-order valence-corrected chi connectivity index (χ0v) is 11.6. The second-order valence-electron chi connectivity index (χ2n) is 4.21. The van der Waals surface area contributed by atoms with Gasteiger partial charge in [-0.2, -0.15) is 13.7 Å². The molecule has 0 aliphatic rings. The molecule has 0 N–H and O–H groups in total. The third-order valence-electron chi connectivity index (χ3n) is 2.68. The Morgan fingerprint density at radius 3 is 2.20 bits per heavy atom. The lowest BCUT2D eigenvalue weighted by atomic mass is 10.1. The van der Waals surface area contributed by atoms with Gasteiger partial charge in [0.25, 0.3) is 10.0 Å². The van der Waals surface area contributed by atoms with Crippen LogP contribution in [-0.4, -0.2) is 14.1 Å². The van der Waals surface area contributed by atoms with Crippen molar-refractivity contribution in [3.8, 4) is 6.07 Å². The van der Waals surface area contributed by atoms with Gasteiger partial charge in [0.05, 0.1) is 4.90 Å². The van der Waals surface area contributed by atoms with Crippen LogP contribution in [0, 0.1) is 18.3 Å². The molecule has 0 bridgehead atoms. The van der Waals surface area contributed by atoms with Gasteiger partial charge >= 0.3 is 0 Å². The lowest BCUT2D eigenvalue weighted by Gasteiger charge is -2.01. The van der Waals surface area contributed by atoms with Crippen LogP contribution in [0.25, 0.3) is 0 Å². The Bertz CT molecular complexity index is 771. The molecule has 0 spiro atoms. The standard InChI is InChI=1S/C15H12N2O2S/c1-12-7-9-13(10-8-12)15(11-16)17-20(18,19)14-5-3-2-4-6-14/h2-10H,1H3. The summed E-state index contributed by atoms with van der Waals surface area (Å²) in [6.45, 7) is 1.91. The largest absolute Gasteiger partial charge is 0.283 e. The highest BCUT2D eigenvalue weighted by molar-refractivity contribution is 7.90. The van der Waals surface area contributed by atoms with Crippen LogP contribution < -0.4 is 0 Å². The van der Waals surface area contributed by atoms with E-state index in [0.29, 0.717) is 5.56 Å². The van der Waals surface area contributed by atoms with Gasteiger partial charge in [-0.05, 0) is 19.1 Å². The van der Waals surface area contributed by atoms with Crippen molar-refractivity contribution in [3.05, 3.63) is 65.7 Å². The molecule has 0 unspecified atom stereocenters. The van der Waals surface area contributed by atoms with Gasteiger partial charge in [-0.15, -0.1) is 4.40 Å². The van der Waals surface area contributed by atoms with Crippen LogP contribution in [0.3, 0.4) is 0 Å². The summed E-state index contributed by atoms with van der Waals surface area (Å²) in [6, 6.07) is 16.6. The molecule has 0 saturated heterocycles. The Morgan fingerprint density at radius 2 is 1.65 bits per heavy atom. The van der Waals surface area contributed by atoms with E-state index in [4.69, 9.17) is 5.26 Å². The number of hydrogen-bond donors (Lipinski definition) is 0. The zero-order chi connectivity index (χ0) is 14.6. The number of nitriles is 1. The summed E-state index contributed by atoms with van der Waals surface area (Å²) in [5.41, 5.74) is 1.39. The van der Waals surface area contributed by atoms with Crippen molar-refractivity contribution in [2.45, 2.75) is 11.8 Å². The molecule has 0 amide bonds. The van der Waals surface area contributed by atoms with E-state index in [1.807, 2.05) is 13.0 Å². The van der Waals surface area contributed by atoms with E-state index >= 15 is 0 Å². The molecule has 100 valence electrons. The molecule has 20 heavy (non-hydrogen) atoms. The molecule has 2 rings (SSSR count). The number of nitrogens with zero attached hydrogens (tertiary/aromatic N) is 2. The van der Waals surface area contributed by atoms with Crippen LogP contribution in [0.15, 0.2) is 63.9 Å². The van der Waals surface area contributed by atoms with Crippen LogP contribution in [0.2, 0.25) is 0 Å². The van der Waals surface area contributed by atoms with Crippen molar-refractivity contribution >= 4 is 15.7 Å². The highest BCUT2D eigenvalue weighted by Crippen LogP contribution is 2.13. The minimum Gasteiger partial charge on any atom is -0.199 e. The summed E-state index contributed by atoms with van der Waals surface area (Å²) in [5.74, 6) is 0. The minimum absolute atomic E-state index is 0.0693. The summed E-state index contributed by atoms with van der Waals surface area (Å²) in [5, 5.41) is 9.11. The molecule has 2 aromatic carbocycles. The van der Waals surface area contributed by atoms with Crippen molar-refractivity contribution in [3.63, 3.8) is 0 Å². The van der Waals surface area contributed by atoms with Gasteiger partial charge in [-0.1, -0.05) is 48.0 Å². The molecule has 4 nitrogen and oxygen atoms in total. The topological polar surface area (TPSA) is 70.3 Å². The number of hydrogen-bond acceptors (Lipinski definition) is 3. The van der Waals surface area contributed by atoms with Gasteiger partial charge in [0.15, 0.2) is 5.71 Å². The van der Waals surface area contributed by atoms with E-state index in [1.165, 1.54) is 12.1 Å². The highest BCUT2D eigenvalue weighted by atomic mass is 32.2. The maximum absolute atomic E-state index is 12.1. The van der Waals surface area contributed by atoms with Crippen molar-refractivity contribution in [1.82, 2.24) is 0 Å². The Hall–Kier alpha value is -2.45. The second kappa shape index (κ2) is 5.68. The maximum atomic E-state index is 12.1. The molecule has 0 heterocycles. The number of aryl methyl sites for hydroxylation is 1. The van der Waals surface area contributed by atoms with Gasteiger partial charge < -0.3 is 0 Å². The Morgan fingerprint density at radius 1 is 1.05 bits per heavy atom. The average molecular weight is 284 g/mol. The lowest BCUT2D eigenvalue weighted by molar-refractivity contribution is 0.598. The van der Waals surface area contributed by atoms with Crippen LogP contribution in [-0.2, 0) is 10.0 Å². The maximum Gasteiger partial charge on any atom is 0.283 e. The fourth-order valence-corrected chi connectivity index (χ4v) is 2.61. The molecular formula is C15H12N2O2S. The van der Waals surface area contributed by atoms with Crippen LogP contribution in [0.4, 0.5) is 0 Å². The second-order valence-corrected chi connectivity index (χ2v) is 5.81. The number of benzene rings is 2.